The van der Waals surface area contributed by atoms with Gasteiger partial charge in [-0.1, -0.05) is 19.8 Å². The number of aliphatic hydroxyl groups excluding tert-OH is 1. The Labute approximate surface area is 120 Å². The fourth-order valence-corrected chi connectivity index (χ4v) is 3.52. The van der Waals surface area contributed by atoms with Gasteiger partial charge in [0.25, 0.3) is 0 Å². The Morgan fingerprint density at radius 1 is 1.20 bits per heavy atom. The van der Waals surface area contributed by atoms with Gasteiger partial charge in [-0.05, 0) is 36.8 Å². The van der Waals surface area contributed by atoms with Gasteiger partial charge in [-0.25, -0.2) is 0 Å². The molecule has 0 spiro atoms. The lowest BCUT2D eigenvalue weighted by atomic mass is 9.78. The van der Waals surface area contributed by atoms with Gasteiger partial charge in [0, 0.05) is 18.1 Å². The smallest absolute Gasteiger partial charge is 0.129 e. The van der Waals surface area contributed by atoms with Crippen LogP contribution in [0.25, 0.3) is 0 Å². The zero-order valence-corrected chi connectivity index (χ0v) is 12.3. The van der Waals surface area contributed by atoms with Gasteiger partial charge in [0.05, 0.1) is 13.2 Å². The summed E-state index contributed by atoms with van der Waals surface area (Å²) in [5.74, 6) is 3.01. The van der Waals surface area contributed by atoms with E-state index in [0.717, 1.165) is 29.4 Å². The highest BCUT2D eigenvalue weighted by Gasteiger charge is 2.34. The summed E-state index contributed by atoms with van der Waals surface area (Å²) in [7, 11) is 1.65. The fraction of sp³-hybridized carbons (Fsp3) is 0.647. The number of hydrogen-bond acceptors (Lipinski definition) is 3. The van der Waals surface area contributed by atoms with Crippen LogP contribution in [0.15, 0.2) is 18.2 Å². The van der Waals surface area contributed by atoms with Gasteiger partial charge < -0.3 is 14.6 Å². The van der Waals surface area contributed by atoms with Crippen molar-refractivity contribution in [1.29, 1.82) is 0 Å². The van der Waals surface area contributed by atoms with Crippen molar-refractivity contribution in [3.05, 3.63) is 23.8 Å². The topological polar surface area (TPSA) is 38.7 Å². The van der Waals surface area contributed by atoms with Crippen LogP contribution in [0.1, 0.15) is 50.7 Å². The van der Waals surface area contributed by atoms with Crippen molar-refractivity contribution < 1.29 is 14.6 Å². The number of ether oxygens (including phenoxy) is 2. The summed E-state index contributed by atoms with van der Waals surface area (Å²) in [6, 6.07) is 5.70. The number of fused-ring (bicyclic) bond motifs is 1. The molecule has 0 amide bonds. The third-order valence-electron chi connectivity index (χ3n) is 4.90. The molecule has 1 aliphatic heterocycles. The molecule has 1 fully saturated rings. The molecule has 110 valence electrons. The molecule has 3 heteroatoms. The first kappa shape index (κ1) is 13.7. The molecule has 0 radical (unpaired) electrons. The average molecular weight is 276 g/mol. The molecule has 1 aromatic carbocycles. The third-order valence-corrected chi connectivity index (χ3v) is 4.90. The zero-order valence-electron chi connectivity index (χ0n) is 12.3. The quantitative estimate of drug-likeness (QED) is 0.895. The van der Waals surface area contributed by atoms with Gasteiger partial charge >= 0.3 is 0 Å². The lowest BCUT2D eigenvalue weighted by Gasteiger charge is -2.37. The predicted octanol–water partition coefficient (Wildman–Crippen LogP) is 3.71. The normalized spacial score (nSPS) is 33.1. The van der Waals surface area contributed by atoms with Crippen LogP contribution in [0.5, 0.6) is 11.5 Å². The minimum atomic E-state index is -0.408. The molecule has 3 rings (SSSR count). The minimum Gasteiger partial charge on any atom is -0.497 e. The summed E-state index contributed by atoms with van der Waals surface area (Å²) in [6.07, 6.45) is 5.47. The minimum absolute atomic E-state index is 0.150. The highest BCUT2D eigenvalue weighted by Crippen LogP contribution is 2.42. The number of benzene rings is 1. The molecule has 20 heavy (non-hydrogen) atoms. The van der Waals surface area contributed by atoms with Gasteiger partial charge in [-0.15, -0.1) is 0 Å². The first-order valence-electron chi connectivity index (χ1n) is 7.70. The number of hydrogen-bond donors (Lipinski definition) is 1. The third kappa shape index (κ3) is 2.64. The Balaban J connectivity index is 1.77. The average Bonchev–Trinajstić information content (AvgIpc) is 2.47. The molecule has 1 saturated carbocycles. The zero-order chi connectivity index (χ0) is 14.1. The Hall–Kier alpha value is -1.22. The van der Waals surface area contributed by atoms with E-state index in [0.29, 0.717) is 5.92 Å². The van der Waals surface area contributed by atoms with E-state index in [4.69, 9.17) is 9.47 Å². The molecule has 2 atom stereocenters. The number of rotatable bonds is 2. The lowest BCUT2D eigenvalue weighted by Crippen LogP contribution is -2.34. The Morgan fingerprint density at radius 3 is 2.65 bits per heavy atom. The summed E-state index contributed by atoms with van der Waals surface area (Å²) in [5, 5.41) is 10.4. The van der Waals surface area contributed by atoms with Crippen LogP contribution in [0.4, 0.5) is 0 Å². The second kappa shape index (κ2) is 5.65. The van der Waals surface area contributed by atoms with Gasteiger partial charge in [0.1, 0.15) is 17.6 Å². The van der Waals surface area contributed by atoms with Crippen molar-refractivity contribution in [2.75, 3.05) is 7.11 Å². The highest BCUT2D eigenvalue weighted by molar-refractivity contribution is 5.43. The van der Waals surface area contributed by atoms with E-state index in [9.17, 15) is 5.11 Å². The van der Waals surface area contributed by atoms with Crippen molar-refractivity contribution >= 4 is 0 Å². The summed E-state index contributed by atoms with van der Waals surface area (Å²) < 4.78 is 11.4. The van der Waals surface area contributed by atoms with Crippen LogP contribution in [-0.4, -0.2) is 18.3 Å². The van der Waals surface area contributed by atoms with E-state index < -0.39 is 6.10 Å². The summed E-state index contributed by atoms with van der Waals surface area (Å²) in [4.78, 5) is 0. The van der Waals surface area contributed by atoms with Crippen LogP contribution in [0.2, 0.25) is 0 Å². The van der Waals surface area contributed by atoms with E-state index in [1.165, 1.54) is 25.7 Å². The predicted molar refractivity (Wildman–Crippen MR) is 78.1 cm³/mol. The molecule has 3 nitrogen and oxygen atoms in total. The van der Waals surface area contributed by atoms with E-state index in [1.807, 2.05) is 18.2 Å². The highest BCUT2D eigenvalue weighted by atomic mass is 16.5. The molecule has 1 N–H and O–H groups in total. The van der Waals surface area contributed by atoms with Gasteiger partial charge in [0.2, 0.25) is 0 Å². The van der Waals surface area contributed by atoms with E-state index >= 15 is 0 Å². The van der Waals surface area contributed by atoms with E-state index in [-0.39, 0.29) is 6.10 Å². The van der Waals surface area contributed by atoms with Gasteiger partial charge in [-0.3, -0.25) is 0 Å². The fourth-order valence-electron chi connectivity index (χ4n) is 3.52. The Kier molecular flexibility index (Phi) is 3.88. The van der Waals surface area contributed by atoms with Crippen molar-refractivity contribution in [3.8, 4) is 11.5 Å². The molecular formula is C17H24O3. The van der Waals surface area contributed by atoms with Crippen molar-refractivity contribution in [1.82, 2.24) is 0 Å². The molecule has 1 aromatic rings. The van der Waals surface area contributed by atoms with E-state index in [1.54, 1.807) is 7.11 Å². The standard InChI is InChI=1S/C17H24O3/c1-11-3-5-12(6-4-11)16-10-15(18)14-8-7-13(19-2)9-17(14)20-16/h7-9,11-12,15-16,18H,3-6,10H2,1-2H3. The molecule has 0 saturated heterocycles. The first-order chi connectivity index (χ1) is 9.67. The van der Waals surface area contributed by atoms with Crippen LogP contribution in [0, 0.1) is 11.8 Å². The van der Waals surface area contributed by atoms with Crippen LogP contribution < -0.4 is 9.47 Å². The van der Waals surface area contributed by atoms with Crippen molar-refractivity contribution in [2.45, 2.75) is 51.2 Å². The maximum Gasteiger partial charge on any atom is 0.129 e. The summed E-state index contributed by atoms with van der Waals surface area (Å²) in [6.45, 7) is 2.33. The largest absolute Gasteiger partial charge is 0.497 e. The molecular weight excluding hydrogens is 252 g/mol. The van der Waals surface area contributed by atoms with E-state index in [2.05, 4.69) is 6.92 Å². The van der Waals surface area contributed by atoms with Gasteiger partial charge in [0.15, 0.2) is 0 Å². The molecule has 1 heterocycles. The van der Waals surface area contributed by atoms with Crippen LogP contribution in [0.3, 0.4) is 0 Å². The second-order valence-electron chi connectivity index (χ2n) is 6.33. The second-order valence-corrected chi connectivity index (χ2v) is 6.33. The van der Waals surface area contributed by atoms with Crippen molar-refractivity contribution in [2.24, 2.45) is 11.8 Å². The maximum atomic E-state index is 10.4. The first-order valence-corrected chi connectivity index (χ1v) is 7.70. The molecule has 1 aliphatic carbocycles. The monoisotopic (exact) mass is 276 g/mol. The number of aliphatic hydroxyl groups is 1. The van der Waals surface area contributed by atoms with Crippen molar-refractivity contribution in [3.63, 3.8) is 0 Å². The molecule has 2 aliphatic rings. The lowest BCUT2D eigenvalue weighted by molar-refractivity contribution is 0.0192. The maximum absolute atomic E-state index is 10.4. The molecule has 2 unspecified atom stereocenters. The van der Waals surface area contributed by atoms with Gasteiger partial charge in [-0.2, -0.15) is 0 Å². The summed E-state index contributed by atoms with van der Waals surface area (Å²) >= 11 is 0. The number of methoxy groups -OCH3 is 1. The van der Waals surface area contributed by atoms with Crippen LogP contribution in [-0.2, 0) is 0 Å². The van der Waals surface area contributed by atoms with Crippen LogP contribution >= 0.6 is 0 Å². The molecule has 0 bridgehead atoms. The Bertz CT molecular complexity index is 463. The SMILES string of the molecule is COc1ccc2c(c1)OC(C1CCC(C)CC1)CC2O. The Morgan fingerprint density at radius 2 is 1.95 bits per heavy atom. The summed E-state index contributed by atoms with van der Waals surface area (Å²) in [5.41, 5.74) is 0.895. The molecule has 0 aromatic heterocycles.